The molecule has 1 aromatic rings. The van der Waals surface area contributed by atoms with Crippen molar-refractivity contribution in [2.45, 2.75) is 58.4 Å². The first-order valence-corrected chi connectivity index (χ1v) is 9.47. The number of anilines is 1. The molecule has 0 unspecified atom stereocenters. The van der Waals surface area contributed by atoms with E-state index in [1.165, 1.54) is 0 Å². The number of hydrogen-bond donors (Lipinski definition) is 6. The van der Waals surface area contributed by atoms with Gasteiger partial charge in [-0.2, -0.15) is 0 Å². The summed E-state index contributed by atoms with van der Waals surface area (Å²) in [5.74, 6) is -1.66. The second kappa shape index (κ2) is 20.9. The molecule has 0 aliphatic carbocycles. The third-order valence-corrected chi connectivity index (χ3v) is 3.31. The highest BCUT2D eigenvalue weighted by Gasteiger charge is 2.08. The summed E-state index contributed by atoms with van der Waals surface area (Å²) in [6.07, 6.45) is 4.29. The van der Waals surface area contributed by atoms with Crippen LogP contribution in [0.15, 0.2) is 24.3 Å². The highest BCUT2D eigenvalue weighted by atomic mass is 16.4. The largest absolute Gasteiger partial charge is 0.481 e. The number of rotatable bonds is 10. The minimum atomic E-state index is -0.955. The van der Waals surface area contributed by atoms with Gasteiger partial charge in [-0.1, -0.05) is 13.8 Å². The fourth-order valence-corrected chi connectivity index (χ4v) is 1.77. The number of amides is 1. The topological polar surface area (TPSA) is 208 Å². The van der Waals surface area contributed by atoms with Crippen molar-refractivity contribution in [2.75, 3.05) is 11.9 Å². The Morgan fingerprint density at radius 3 is 1.93 bits per heavy atom. The molecule has 0 bridgehead atoms. The van der Waals surface area contributed by atoms with Gasteiger partial charge in [-0.25, -0.2) is 0 Å². The number of carbonyl (C=O) groups is 4. The molecule has 0 aromatic heterocycles. The van der Waals surface area contributed by atoms with Crippen molar-refractivity contribution in [1.82, 2.24) is 6.15 Å². The Morgan fingerprint density at radius 2 is 1.60 bits per heavy atom. The molecule has 1 atom stereocenters. The van der Waals surface area contributed by atoms with E-state index in [4.69, 9.17) is 21.7 Å². The number of nitrogens with two attached hydrogens (primary N) is 2. The number of carbonyl (C=O) groups excluding carboxylic acids is 2. The lowest BCUT2D eigenvalue weighted by Gasteiger charge is -2.03. The van der Waals surface area contributed by atoms with Crippen LogP contribution in [0, 0.1) is 0 Å². The third-order valence-electron chi connectivity index (χ3n) is 3.31. The molecule has 10 nitrogen and oxygen atoms in total. The standard InChI is InChI=1S/C11H13NO2.C5H12N2O2.C4H8O2.H3N/c1-2-3-11(14)12-10-6-4-9(8-13)5-7-10;6-3-1-2-4(7)5(8)9;1-2-3-4(5)6;/h4-8H,2-3H2,1H3,(H,12,14);4H,1-3,6-7H2,(H,8,9);2-3H2,1H3,(H,5,6);1H3/t;4-;;/m.0../s1. The van der Waals surface area contributed by atoms with E-state index in [9.17, 15) is 19.2 Å². The Kier molecular flexibility index (Phi) is 22.2. The Labute approximate surface area is 177 Å². The SMILES string of the molecule is CCCC(=O)Nc1ccc(C=O)cc1.CCCC(=O)O.N.NCCC[C@H](N)C(=O)O. The van der Waals surface area contributed by atoms with Gasteiger partial charge < -0.3 is 33.1 Å². The molecule has 0 aliphatic heterocycles. The molecule has 0 radical (unpaired) electrons. The minimum absolute atomic E-state index is 0. The fraction of sp³-hybridized carbons (Fsp3) is 0.500. The lowest BCUT2D eigenvalue weighted by atomic mass is 10.2. The summed E-state index contributed by atoms with van der Waals surface area (Å²) in [6, 6.07) is 6.05. The van der Waals surface area contributed by atoms with Crippen LogP contribution in [0.5, 0.6) is 0 Å². The number of aldehydes is 1. The quantitative estimate of drug-likeness (QED) is 0.302. The van der Waals surface area contributed by atoms with Gasteiger partial charge in [0, 0.05) is 24.1 Å². The van der Waals surface area contributed by atoms with Gasteiger partial charge >= 0.3 is 11.9 Å². The van der Waals surface area contributed by atoms with Crippen LogP contribution in [0.1, 0.15) is 62.7 Å². The van der Waals surface area contributed by atoms with E-state index in [0.29, 0.717) is 37.8 Å². The lowest BCUT2D eigenvalue weighted by molar-refractivity contribution is -0.139. The molecular weight excluding hydrogens is 392 g/mol. The second-order valence-electron chi connectivity index (χ2n) is 6.06. The van der Waals surface area contributed by atoms with Crippen LogP contribution in [0.3, 0.4) is 0 Å². The molecule has 10 heteroatoms. The van der Waals surface area contributed by atoms with E-state index >= 15 is 0 Å². The van der Waals surface area contributed by atoms with Crippen molar-refractivity contribution in [2.24, 2.45) is 11.5 Å². The maximum atomic E-state index is 11.2. The predicted molar refractivity (Wildman–Crippen MR) is 117 cm³/mol. The Morgan fingerprint density at radius 1 is 1.07 bits per heavy atom. The summed E-state index contributed by atoms with van der Waals surface area (Å²) in [6.45, 7) is 4.30. The first-order valence-electron chi connectivity index (χ1n) is 9.47. The van der Waals surface area contributed by atoms with Gasteiger partial charge in [-0.05, 0) is 56.5 Å². The summed E-state index contributed by atoms with van der Waals surface area (Å²) in [7, 11) is 0. The van der Waals surface area contributed by atoms with Crippen LogP contribution in [0.25, 0.3) is 0 Å². The van der Waals surface area contributed by atoms with E-state index in [2.05, 4.69) is 5.32 Å². The zero-order valence-electron chi connectivity index (χ0n) is 17.8. The summed E-state index contributed by atoms with van der Waals surface area (Å²) in [4.78, 5) is 41.2. The van der Waals surface area contributed by atoms with Crippen LogP contribution >= 0.6 is 0 Å². The Hall–Kier alpha value is -2.82. The average Bonchev–Trinajstić information content (AvgIpc) is 2.67. The van der Waals surface area contributed by atoms with E-state index < -0.39 is 18.0 Å². The molecule has 0 heterocycles. The molecule has 30 heavy (non-hydrogen) atoms. The van der Waals surface area contributed by atoms with E-state index in [0.717, 1.165) is 24.8 Å². The Bertz CT molecular complexity index is 608. The molecule has 0 saturated carbocycles. The van der Waals surface area contributed by atoms with Crippen molar-refractivity contribution in [3.8, 4) is 0 Å². The molecule has 0 saturated heterocycles. The molecule has 1 rings (SSSR count). The first-order chi connectivity index (χ1) is 13.7. The maximum absolute atomic E-state index is 11.2. The number of carboxylic acids is 2. The zero-order chi connectivity index (χ0) is 22.7. The zero-order valence-corrected chi connectivity index (χ0v) is 17.8. The van der Waals surface area contributed by atoms with E-state index in [1.807, 2.05) is 13.8 Å². The van der Waals surface area contributed by atoms with Gasteiger partial charge in [0.15, 0.2) is 0 Å². The van der Waals surface area contributed by atoms with Crippen LogP contribution in [0.2, 0.25) is 0 Å². The van der Waals surface area contributed by atoms with Crippen LogP contribution < -0.4 is 22.9 Å². The van der Waals surface area contributed by atoms with Crippen LogP contribution in [0.4, 0.5) is 5.69 Å². The minimum Gasteiger partial charge on any atom is -0.481 e. The molecule has 10 N–H and O–H groups in total. The van der Waals surface area contributed by atoms with Crippen LogP contribution in [-0.2, 0) is 14.4 Å². The van der Waals surface area contributed by atoms with Crippen molar-refractivity contribution in [3.63, 3.8) is 0 Å². The average molecular weight is 429 g/mol. The molecular formula is C20H36N4O6. The predicted octanol–water partition coefficient (Wildman–Crippen LogP) is 2.41. The second-order valence-corrected chi connectivity index (χ2v) is 6.06. The normalized spacial score (nSPS) is 10.0. The Balaban J connectivity index is -0.000000395. The highest BCUT2D eigenvalue weighted by molar-refractivity contribution is 5.91. The molecule has 1 aromatic carbocycles. The van der Waals surface area contributed by atoms with Gasteiger partial charge in [0.1, 0.15) is 12.3 Å². The molecule has 1 amide bonds. The van der Waals surface area contributed by atoms with Crippen molar-refractivity contribution >= 4 is 29.8 Å². The van der Waals surface area contributed by atoms with E-state index in [1.54, 1.807) is 24.3 Å². The van der Waals surface area contributed by atoms with Gasteiger partial charge in [0.2, 0.25) is 5.91 Å². The van der Waals surface area contributed by atoms with Crippen molar-refractivity contribution in [3.05, 3.63) is 29.8 Å². The maximum Gasteiger partial charge on any atom is 0.320 e. The van der Waals surface area contributed by atoms with Crippen molar-refractivity contribution < 1.29 is 29.4 Å². The number of carboxylic acid groups (broad SMARTS) is 2. The number of benzene rings is 1. The summed E-state index contributed by atoms with van der Waals surface area (Å²) < 4.78 is 0. The van der Waals surface area contributed by atoms with Gasteiger partial charge in [0.05, 0.1) is 0 Å². The smallest absolute Gasteiger partial charge is 0.320 e. The monoisotopic (exact) mass is 428 g/mol. The lowest BCUT2D eigenvalue weighted by Crippen LogP contribution is -2.30. The molecule has 0 aliphatic rings. The summed E-state index contributed by atoms with van der Waals surface area (Å²) >= 11 is 0. The highest BCUT2D eigenvalue weighted by Crippen LogP contribution is 2.08. The fourth-order valence-electron chi connectivity index (χ4n) is 1.77. The third kappa shape index (κ3) is 19.9. The first kappa shape index (κ1) is 31.9. The molecule has 0 fully saturated rings. The van der Waals surface area contributed by atoms with Crippen molar-refractivity contribution in [1.29, 1.82) is 0 Å². The number of hydrogen-bond acceptors (Lipinski definition) is 7. The summed E-state index contributed by atoms with van der Waals surface area (Å²) in [5.41, 5.74) is 11.6. The molecule has 172 valence electrons. The summed E-state index contributed by atoms with van der Waals surface area (Å²) in [5, 5.41) is 18.9. The molecule has 0 spiro atoms. The van der Waals surface area contributed by atoms with Gasteiger partial charge in [-0.15, -0.1) is 0 Å². The number of nitrogens with one attached hydrogen (secondary N) is 1. The van der Waals surface area contributed by atoms with E-state index in [-0.39, 0.29) is 12.1 Å². The number of aliphatic carboxylic acids is 2. The van der Waals surface area contributed by atoms with Gasteiger partial charge in [-0.3, -0.25) is 19.2 Å². The van der Waals surface area contributed by atoms with Crippen LogP contribution in [-0.4, -0.2) is 46.9 Å². The van der Waals surface area contributed by atoms with Gasteiger partial charge in [0.25, 0.3) is 0 Å².